The van der Waals surface area contributed by atoms with Crippen LogP contribution in [0.4, 0.5) is 4.39 Å². The van der Waals surface area contributed by atoms with Crippen molar-refractivity contribution in [3.05, 3.63) is 35.6 Å². The Morgan fingerprint density at radius 3 is 2.70 bits per heavy atom. The first-order chi connectivity index (χ1) is 9.40. The quantitative estimate of drug-likeness (QED) is 0.697. The standard InChI is InChI=1S/C14H19FN2O3/c1-9(16)13(18)17-12(14(19)20)7-3-5-10-4-2-6-11(15)8-10/h2,4,6,8-9,12H,3,5,7,16H2,1H3,(H,17,18)(H,19,20)/t9-,12?/m0/s1. The Morgan fingerprint density at radius 2 is 2.15 bits per heavy atom. The third-order valence-electron chi connectivity index (χ3n) is 2.88. The number of carbonyl (C=O) groups excluding carboxylic acids is 1. The molecule has 0 fully saturated rings. The summed E-state index contributed by atoms with van der Waals surface area (Å²) in [4.78, 5) is 22.4. The van der Waals surface area contributed by atoms with Crippen molar-refractivity contribution in [3.63, 3.8) is 0 Å². The van der Waals surface area contributed by atoms with Crippen molar-refractivity contribution < 1.29 is 19.1 Å². The highest BCUT2D eigenvalue weighted by Crippen LogP contribution is 2.09. The lowest BCUT2D eigenvalue weighted by Gasteiger charge is -2.15. The summed E-state index contributed by atoms with van der Waals surface area (Å²) in [6.07, 6.45) is 1.35. The van der Waals surface area contributed by atoms with E-state index in [-0.39, 0.29) is 12.2 Å². The van der Waals surface area contributed by atoms with Gasteiger partial charge in [0, 0.05) is 0 Å². The maximum atomic E-state index is 13.0. The molecule has 4 N–H and O–H groups in total. The Bertz CT molecular complexity index is 477. The van der Waals surface area contributed by atoms with Crippen LogP contribution < -0.4 is 11.1 Å². The number of benzene rings is 1. The number of aryl methyl sites for hydroxylation is 1. The zero-order chi connectivity index (χ0) is 15.1. The number of nitrogens with one attached hydrogen (secondary N) is 1. The highest BCUT2D eigenvalue weighted by Gasteiger charge is 2.20. The van der Waals surface area contributed by atoms with E-state index >= 15 is 0 Å². The molecular weight excluding hydrogens is 263 g/mol. The van der Waals surface area contributed by atoms with Crippen LogP contribution in [-0.4, -0.2) is 29.1 Å². The summed E-state index contributed by atoms with van der Waals surface area (Å²) < 4.78 is 13.0. The van der Waals surface area contributed by atoms with E-state index in [2.05, 4.69) is 5.32 Å². The lowest BCUT2D eigenvalue weighted by atomic mass is 10.0. The Hall–Kier alpha value is -1.95. The van der Waals surface area contributed by atoms with E-state index in [0.29, 0.717) is 12.8 Å². The van der Waals surface area contributed by atoms with Gasteiger partial charge in [0.15, 0.2) is 0 Å². The third-order valence-corrected chi connectivity index (χ3v) is 2.88. The molecule has 0 radical (unpaired) electrons. The van der Waals surface area contributed by atoms with Crippen LogP contribution >= 0.6 is 0 Å². The SMILES string of the molecule is C[C@H](N)C(=O)NC(CCCc1cccc(F)c1)C(=O)O. The van der Waals surface area contributed by atoms with Crippen molar-refractivity contribution >= 4 is 11.9 Å². The fourth-order valence-electron chi connectivity index (χ4n) is 1.76. The molecule has 0 aliphatic heterocycles. The molecular formula is C14H19FN2O3. The highest BCUT2D eigenvalue weighted by molar-refractivity contribution is 5.86. The van der Waals surface area contributed by atoms with Gasteiger partial charge in [-0.1, -0.05) is 12.1 Å². The minimum Gasteiger partial charge on any atom is -0.480 e. The number of carbonyl (C=O) groups is 2. The van der Waals surface area contributed by atoms with Crippen LogP contribution in [0, 0.1) is 5.82 Å². The predicted octanol–water partition coefficient (Wildman–Crippen LogP) is 1.06. The van der Waals surface area contributed by atoms with E-state index < -0.39 is 24.0 Å². The topological polar surface area (TPSA) is 92.4 Å². The minimum atomic E-state index is -1.10. The first-order valence-electron chi connectivity index (χ1n) is 6.43. The second-order valence-corrected chi connectivity index (χ2v) is 4.71. The van der Waals surface area contributed by atoms with Crippen LogP contribution in [0.1, 0.15) is 25.3 Å². The van der Waals surface area contributed by atoms with Crippen molar-refractivity contribution in [3.8, 4) is 0 Å². The van der Waals surface area contributed by atoms with Crippen LogP contribution in [0.3, 0.4) is 0 Å². The maximum absolute atomic E-state index is 13.0. The number of carboxylic acid groups (broad SMARTS) is 1. The molecule has 0 aromatic heterocycles. The van der Waals surface area contributed by atoms with Gasteiger partial charge in [0.2, 0.25) is 5.91 Å². The Morgan fingerprint density at radius 1 is 1.45 bits per heavy atom. The maximum Gasteiger partial charge on any atom is 0.326 e. The molecule has 1 aromatic carbocycles. The van der Waals surface area contributed by atoms with Gasteiger partial charge in [-0.2, -0.15) is 0 Å². The molecule has 1 rings (SSSR count). The monoisotopic (exact) mass is 282 g/mol. The summed E-state index contributed by atoms with van der Waals surface area (Å²) in [5.41, 5.74) is 6.17. The van der Waals surface area contributed by atoms with Gasteiger partial charge in [-0.3, -0.25) is 4.79 Å². The molecule has 0 aliphatic rings. The number of nitrogens with two attached hydrogens (primary N) is 1. The molecule has 0 spiro atoms. The fourth-order valence-corrected chi connectivity index (χ4v) is 1.76. The molecule has 0 heterocycles. The molecule has 0 aliphatic carbocycles. The van der Waals surface area contributed by atoms with Gasteiger partial charge < -0.3 is 16.2 Å². The fraction of sp³-hybridized carbons (Fsp3) is 0.429. The molecule has 1 aromatic rings. The second-order valence-electron chi connectivity index (χ2n) is 4.71. The first-order valence-corrected chi connectivity index (χ1v) is 6.43. The number of hydrogen-bond donors (Lipinski definition) is 3. The molecule has 6 heteroatoms. The van der Waals surface area contributed by atoms with E-state index in [1.54, 1.807) is 12.1 Å². The molecule has 2 atom stereocenters. The largest absolute Gasteiger partial charge is 0.480 e. The summed E-state index contributed by atoms with van der Waals surface area (Å²) in [7, 11) is 0. The molecule has 0 bridgehead atoms. The lowest BCUT2D eigenvalue weighted by Crippen LogP contribution is -2.47. The van der Waals surface area contributed by atoms with Gasteiger partial charge in [-0.15, -0.1) is 0 Å². The summed E-state index contributed by atoms with van der Waals surface area (Å²) in [5.74, 6) is -1.91. The van der Waals surface area contributed by atoms with Gasteiger partial charge >= 0.3 is 5.97 Å². The van der Waals surface area contributed by atoms with Crippen molar-refractivity contribution in [2.75, 3.05) is 0 Å². The first kappa shape index (κ1) is 16.1. The van der Waals surface area contributed by atoms with Crippen LogP contribution in [0.2, 0.25) is 0 Å². The number of aliphatic carboxylic acids is 1. The number of carboxylic acids is 1. The summed E-state index contributed by atoms with van der Waals surface area (Å²) in [6.45, 7) is 1.49. The van der Waals surface area contributed by atoms with E-state index in [9.17, 15) is 14.0 Å². The summed E-state index contributed by atoms with van der Waals surface area (Å²) in [5, 5.41) is 11.4. The summed E-state index contributed by atoms with van der Waals surface area (Å²) >= 11 is 0. The summed E-state index contributed by atoms with van der Waals surface area (Å²) in [6, 6.07) is 4.43. The average molecular weight is 282 g/mol. The molecule has 0 saturated heterocycles. The lowest BCUT2D eigenvalue weighted by molar-refractivity contribution is -0.142. The van der Waals surface area contributed by atoms with Crippen LogP contribution in [0.15, 0.2) is 24.3 Å². The zero-order valence-corrected chi connectivity index (χ0v) is 11.3. The predicted molar refractivity (Wildman–Crippen MR) is 72.6 cm³/mol. The minimum absolute atomic E-state index is 0.268. The zero-order valence-electron chi connectivity index (χ0n) is 11.3. The van der Waals surface area contributed by atoms with Gasteiger partial charge in [0.05, 0.1) is 6.04 Å². The smallest absolute Gasteiger partial charge is 0.326 e. The molecule has 1 amide bonds. The van der Waals surface area contributed by atoms with Crippen molar-refractivity contribution in [2.24, 2.45) is 5.73 Å². The van der Waals surface area contributed by atoms with Crippen molar-refractivity contribution in [1.29, 1.82) is 0 Å². The second kappa shape index (κ2) is 7.59. The van der Waals surface area contributed by atoms with Crippen LogP contribution in [-0.2, 0) is 16.0 Å². The molecule has 0 saturated carbocycles. The Labute approximate surface area is 117 Å². The van der Waals surface area contributed by atoms with E-state index in [1.807, 2.05) is 0 Å². The van der Waals surface area contributed by atoms with Crippen molar-refractivity contribution in [1.82, 2.24) is 5.32 Å². The average Bonchev–Trinajstić information content (AvgIpc) is 2.37. The third kappa shape index (κ3) is 5.36. The van der Waals surface area contributed by atoms with Gasteiger partial charge in [-0.25, -0.2) is 9.18 Å². The van der Waals surface area contributed by atoms with E-state index in [0.717, 1.165) is 5.56 Å². The molecule has 5 nitrogen and oxygen atoms in total. The number of hydrogen-bond acceptors (Lipinski definition) is 3. The van der Waals surface area contributed by atoms with Gasteiger partial charge in [0.25, 0.3) is 0 Å². The normalized spacial score (nSPS) is 13.6. The molecule has 20 heavy (non-hydrogen) atoms. The van der Waals surface area contributed by atoms with E-state index in [1.165, 1.54) is 19.1 Å². The van der Waals surface area contributed by atoms with Gasteiger partial charge in [-0.05, 0) is 43.9 Å². The Kier molecular flexibility index (Phi) is 6.11. The van der Waals surface area contributed by atoms with Gasteiger partial charge in [0.1, 0.15) is 11.9 Å². The van der Waals surface area contributed by atoms with E-state index in [4.69, 9.17) is 10.8 Å². The Balaban J connectivity index is 2.47. The molecule has 110 valence electrons. The number of halogens is 1. The highest BCUT2D eigenvalue weighted by atomic mass is 19.1. The van der Waals surface area contributed by atoms with Crippen LogP contribution in [0.5, 0.6) is 0 Å². The number of rotatable bonds is 7. The molecule has 1 unspecified atom stereocenters. The van der Waals surface area contributed by atoms with Crippen molar-refractivity contribution in [2.45, 2.75) is 38.3 Å². The number of amides is 1. The van der Waals surface area contributed by atoms with Crippen LogP contribution in [0.25, 0.3) is 0 Å².